The summed E-state index contributed by atoms with van der Waals surface area (Å²) < 4.78 is 16.2. The summed E-state index contributed by atoms with van der Waals surface area (Å²) in [5.41, 5.74) is 1.48. The predicted molar refractivity (Wildman–Crippen MR) is 122 cm³/mol. The predicted octanol–water partition coefficient (Wildman–Crippen LogP) is 2.52. The number of anilines is 3. The van der Waals surface area contributed by atoms with Crippen LogP contribution in [0.25, 0.3) is 11.4 Å². The van der Waals surface area contributed by atoms with Crippen LogP contribution in [0, 0.1) is 5.92 Å². The van der Waals surface area contributed by atoms with E-state index in [1.54, 1.807) is 24.3 Å². The van der Waals surface area contributed by atoms with Gasteiger partial charge in [-0.15, -0.1) is 10.2 Å². The summed E-state index contributed by atoms with van der Waals surface area (Å²) in [5.74, 6) is 0.767. The molecule has 2 amide bonds. The number of nitrogens with zero attached hydrogens (tertiary/aromatic N) is 4. The highest BCUT2D eigenvalue weighted by Gasteiger charge is 2.30. The van der Waals surface area contributed by atoms with Gasteiger partial charge < -0.3 is 29.9 Å². The van der Waals surface area contributed by atoms with E-state index in [0.29, 0.717) is 41.0 Å². The summed E-state index contributed by atoms with van der Waals surface area (Å²) >= 11 is 0. The fraction of sp³-hybridized carbons (Fsp3) is 0.364. The maximum absolute atomic E-state index is 12.4. The lowest BCUT2D eigenvalue weighted by atomic mass is 10.1. The van der Waals surface area contributed by atoms with Gasteiger partial charge in [-0.25, -0.2) is 0 Å². The Bertz CT molecular complexity index is 1190. The van der Waals surface area contributed by atoms with Gasteiger partial charge in [0.1, 0.15) is 6.61 Å². The highest BCUT2D eigenvalue weighted by atomic mass is 16.5. The second-order valence-electron chi connectivity index (χ2n) is 7.49. The van der Waals surface area contributed by atoms with Crippen LogP contribution >= 0.6 is 0 Å². The van der Waals surface area contributed by atoms with Gasteiger partial charge in [0.25, 0.3) is 11.8 Å². The van der Waals surface area contributed by atoms with E-state index in [1.807, 2.05) is 6.92 Å². The molecule has 2 aromatic heterocycles. The van der Waals surface area contributed by atoms with Crippen molar-refractivity contribution in [3.63, 3.8) is 0 Å². The van der Waals surface area contributed by atoms with Crippen LogP contribution in [0.5, 0.6) is 5.75 Å². The SMILES string of the molecule is CCOCc1nc(-c2cccc(Nc3cc(NC(=O)C4CC4)nnc3C(=O)NC)c2OC)no1. The number of methoxy groups -OCH3 is 1. The monoisotopic (exact) mass is 467 g/mol. The summed E-state index contributed by atoms with van der Waals surface area (Å²) in [4.78, 5) is 28.9. The lowest BCUT2D eigenvalue weighted by molar-refractivity contribution is -0.117. The second kappa shape index (κ2) is 10.3. The summed E-state index contributed by atoms with van der Waals surface area (Å²) in [6.45, 7) is 2.60. The van der Waals surface area contributed by atoms with Crippen molar-refractivity contribution in [1.82, 2.24) is 25.7 Å². The van der Waals surface area contributed by atoms with Crippen molar-refractivity contribution < 1.29 is 23.6 Å². The largest absolute Gasteiger partial charge is 0.494 e. The molecule has 12 heteroatoms. The molecule has 3 N–H and O–H groups in total. The number of carbonyl (C=O) groups is 2. The Morgan fingerprint density at radius 1 is 1.21 bits per heavy atom. The summed E-state index contributed by atoms with van der Waals surface area (Å²) in [6, 6.07) is 6.88. The Morgan fingerprint density at radius 3 is 2.74 bits per heavy atom. The van der Waals surface area contributed by atoms with Gasteiger partial charge in [-0.2, -0.15) is 4.98 Å². The topological polar surface area (TPSA) is 153 Å². The number of para-hydroxylation sites is 1. The van der Waals surface area contributed by atoms with Gasteiger partial charge in [0.2, 0.25) is 11.7 Å². The Balaban J connectivity index is 1.66. The van der Waals surface area contributed by atoms with Gasteiger partial charge in [-0.05, 0) is 31.9 Å². The van der Waals surface area contributed by atoms with Crippen molar-refractivity contribution in [2.24, 2.45) is 5.92 Å². The molecule has 4 rings (SSSR count). The van der Waals surface area contributed by atoms with Crippen LogP contribution < -0.4 is 20.7 Å². The third-order valence-electron chi connectivity index (χ3n) is 5.06. The van der Waals surface area contributed by atoms with Crippen molar-refractivity contribution in [1.29, 1.82) is 0 Å². The van der Waals surface area contributed by atoms with Gasteiger partial charge in [0, 0.05) is 25.6 Å². The van der Waals surface area contributed by atoms with Gasteiger partial charge in [0.15, 0.2) is 17.3 Å². The molecule has 1 saturated carbocycles. The molecule has 3 aromatic rings. The molecule has 1 aliphatic carbocycles. The van der Waals surface area contributed by atoms with Crippen LogP contribution in [-0.4, -0.2) is 52.9 Å². The molecule has 0 spiro atoms. The number of ether oxygens (including phenoxy) is 2. The molecule has 1 aromatic carbocycles. The van der Waals surface area contributed by atoms with Crippen LogP contribution in [-0.2, 0) is 16.1 Å². The molecule has 0 unspecified atom stereocenters. The van der Waals surface area contributed by atoms with Crippen molar-refractivity contribution in [3.8, 4) is 17.1 Å². The van der Waals surface area contributed by atoms with Gasteiger partial charge in [-0.3, -0.25) is 9.59 Å². The molecule has 0 bridgehead atoms. The number of aromatic nitrogens is 4. The number of hydrogen-bond acceptors (Lipinski definition) is 10. The van der Waals surface area contributed by atoms with Crippen LogP contribution in [0.3, 0.4) is 0 Å². The molecule has 1 fully saturated rings. The van der Waals surface area contributed by atoms with Crippen LogP contribution in [0.1, 0.15) is 36.1 Å². The molecule has 0 saturated heterocycles. The maximum atomic E-state index is 12.4. The fourth-order valence-electron chi connectivity index (χ4n) is 3.20. The Morgan fingerprint density at radius 2 is 2.03 bits per heavy atom. The fourth-order valence-corrected chi connectivity index (χ4v) is 3.20. The second-order valence-corrected chi connectivity index (χ2v) is 7.49. The number of amides is 2. The Kier molecular flexibility index (Phi) is 6.97. The molecular formula is C22H25N7O5. The lowest BCUT2D eigenvalue weighted by Crippen LogP contribution is -2.22. The quantitative estimate of drug-likeness (QED) is 0.405. The van der Waals surface area contributed by atoms with E-state index in [-0.39, 0.29) is 29.9 Å². The van der Waals surface area contributed by atoms with Crippen molar-refractivity contribution in [2.75, 3.05) is 31.4 Å². The zero-order chi connectivity index (χ0) is 24.1. The smallest absolute Gasteiger partial charge is 0.273 e. The highest BCUT2D eigenvalue weighted by Crippen LogP contribution is 2.37. The first-order chi connectivity index (χ1) is 16.5. The molecule has 2 heterocycles. The first kappa shape index (κ1) is 23.1. The molecule has 1 aliphatic rings. The average Bonchev–Trinajstić information content (AvgIpc) is 3.60. The van der Waals surface area contributed by atoms with Crippen molar-refractivity contribution in [3.05, 3.63) is 35.9 Å². The van der Waals surface area contributed by atoms with E-state index in [9.17, 15) is 9.59 Å². The van der Waals surface area contributed by atoms with Crippen LogP contribution in [0.4, 0.5) is 17.2 Å². The van der Waals surface area contributed by atoms with E-state index in [0.717, 1.165) is 12.8 Å². The summed E-state index contributed by atoms with van der Waals surface area (Å²) in [5, 5.41) is 20.4. The number of hydrogen-bond donors (Lipinski definition) is 3. The van der Waals surface area contributed by atoms with Crippen molar-refractivity contribution in [2.45, 2.75) is 26.4 Å². The molecule has 12 nitrogen and oxygen atoms in total. The minimum atomic E-state index is -0.441. The van der Waals surface area contributed by atoms with E-state index in [4.69, 9.17) is 14.0 Å². The number of carbonyl (C=O) groups excluding carboxylic acids is 2. The molecule has 0 aliphatic heterocycles. The van der Waals surface area contributed by atoms with E-state index in [1.165, 1.54) is 14.2 Å². The minimum absolute atomic E-state index is 0.00354. The molecule has 34 heavy (non-hydrogen) atoms. The molecular weight excluding hydrogens is 442 g/mol. The summed E-state index contributed by atoms with van der Waals surface area (Å²) in [7, 11) is 3.00. The lowest BCUT2D eigenvalue weighted by Gasteiger charge is -2.16. The normalized spacial score (nSPS) is 12.8. The standard InChI is InChI=1S/C22H25N7O5/c1-4-33-11-17-26-20(29-34-17)13-6-5-7-14(19(13)32-3)24-15-10-16(25-21(30)12-8-9-12)27-28-18(15)22(31)23-2/h5-7,10,12H,4,8-9,11H2,1-3H3,(H,23,31)(H2,24,25,27,30). The Labute approximate surface area is 195 Å². The van der Waals surface area contributed by atoms with Gasteiger partial charge in [0.05, 0.1) is 24.0 Å². The zero-order valence-corrected chi connectivity index (χ0v) is 19.0. The zero-order valence-electron chi connectivity index (χ0n) is 19.0. The first-order valence-corrected chi connectivity index (χ1v) is 10.8. The van der Waals surface area contributed by atoms with E-state index in [2.05, 4.69) is 36.3 Å². The summed E-state index contributed by atoms with van der Waals surface area (Å²) in [6.07, 6.45) is 1.71. The highest BCUT2D eigenvalue weighted by molar-refractivity contribution is 6.00. The maximum Gasteiger partial charge on any atom is 0.273 e. The van der Waals surface area contributed by atoms with Gasteiger partial charge in [-0.1, -0.05) is 11.2 Å². The van der Waals surface area contributed by atoms with Crippen molar-refractivity contribution >= 4 is 29.0 Å². The van der Waals surface area contributed by atoms with E-state index >= 15 is 0 Å². The molecule has 178 valence electrons. The Hall–Kier alpha value is -4.06. The molecule has 0 radical (unpaired) electrons. The third-order valence-corrected chi connectivity index (χ3v) is 5.06. The first-order valence-electron chi connectivity index (χ1n) is 10.8. The van der Waals surface area contributed by atoms with E-state index < -0.39 is 5.91 Å². The number of benzene rings is 1. The molecule has 0 atom stereocenters. The third kappa shape index (κ3) is 5.12. The minimum Gasteiger partial charge on any atom is -0.494 e. The van der Waals surface area contributed by atoms with Crippen LogP contribution in [0.2, 0.25) is 0 Å². The van der Waals surface area contributed by atoms with Gasteiger partial charge >= 0.3 is 0 Å². The average molecular weight is 467 g/mol. The van der Waals surface area contributed by atoms with Crippen LogP contribution in [0.15, 0.2) is 28.8 Å². The number of rotatable bonds is 10. The number of nitrogens with one attached hydrogen (secondary N) is 3.